The highest BCUT2D eigenvalue weighted by molar-refractivity contribution is 14.0. The molecule has 0 aromatic heterocycles. The molecular formula is C20H26F2IN3O3. The third-order valence-corrected chi connectivity index (χ3v) is 3.72. The van der Waals surface area contributed by atoms with Crippen LogP contribution in [0.5, 0.6) is 17.2 Å². The van der Waals surface area contributed by atoms with Crippen LogP contribution in [0.25, 0.3) is 0 Å². The third kappa shape index (κ3) is 8.30. The van der Waals surface area contributed by atoms with E-state index in [4.69, 9.17) is 4.74 Å². The first kappa shape index (κ1) is 24.7. The van der Waals surface area contributed by atoms with E-state index in [-0.39, 0.29) is 42.0 Å². The number of aromatic hydroxyl groups is 1. The molecule has 2 aromatic rings. The van der Waals surface area contributed by atoms with Crippen molar-refractivity contribution in [2.75, 3.05) is 13.2 Å². The van der Waals surface area contributed by atoms with Crippen LogP contribution in [-0.4, -0.2) is 30.8 Å². The molecule has 160 valence electrons. The number of hydrogen-bond acceptors (Lipinski definition) is 4. The van der Waals surface area contributed by atoms with Gasteiger partial charge in [0.15, 0.2) is 17.5 Å². The van der Waals surface area contributed by atoms with Crippen LogP contribution in [-0.2, 0) is 13.1 Å². The molecule has 2 aromatic carbocycles. The summed E-state index contributed by atoms with van der Waals surface area (Å²) in [7, 11) is 0. The first-order valence-electron chi connectivity index (χ1n) is 9.03. The maximum absolute atomic E-state index is 12.5. The number of halogens is 3. The second kappa shape index (κ2) is 13.0. The van der Waals surface area contributed by atoms with Crippen molar-refractivity contribution in [2.45, 2.75) is 33.5 Å². The molecule has 0 bridgehead atoms. The molecule has 9 heteroatoms. The Morgan fingerprint density at radius 1 is 1.10 bits per heavy atom. The van der Waals surface area contributed by atoms with Crippen LogP contribution >= 0.6 is 24.0 Å². The van der Waals surface area contributed by atoms with E-state index >= 15 is 0 Å². The fourth-order valence-corrected chi connectivity index (χ4v) is 2.48. The average Bonchev–Trinajstić information content (AvgIpc) is 2.67. The van der Waals surface area contributed by atoms with Crippen molar-refractivity contribution >= 4 is 29.9 Å². The van der Waals surface area contributed by atoms with E-state index in [0.717, 1.165) is 5.56 Å². The lowest BCUT2D eigenvalue weighted by molar-refractivity contribution is -0.0504. The number of hydrogen-bond donors (Lipinski definition) is 3. The molecule has 0 fully saturated rings. The molecule has 2 rings (SSSR count). The van der Waals surface area contributed by atoms with E-state index in [1.165, 1.54) is 6.07 Å². The number of guanidine groups is 1. The first-order valence-corrected chi connectivity index (χ1v) is 9.03. The fourth-order valence-electron chi connectivity index (χ4n) is 2.48. The van der Waals surface area contributed by atoms with Gasteiger partial charge in [0.25, 0.3) is 0 Å². The highest BCUT2D eigenvalue weighted by atomic mass is 127. The largest absolute Gasteiger partial charge is 0.504 e. The van der Waals surface area contributed by atoms with E-state index in [0.29, 0.717) is 37.0 Å². The van der Waals surface area contributed by atoms with Crippen LogP contribution in [0, 0.1) is 0 Å². The summed E-state index contributed by atoms with van der Waals surface area (Å²) in [6, 6.07) is 11.7. The molecule has 6 nitrogen and oxygen atoms in total. The number of aliphatic imine (C=N–C) groups is 1. The fraction of sp³-hybridized carbons (Fsp3) is 0.350. The van der Waals surface area contributed by atoms with Crippen molar-refractivity contribution < 1.29 is 23.4 Å². The van der Waals surface area contributed by atoms with Crippen LogP contribution in [0.3, 0.4) is 0 Å². The number of ether oxygens (including phenoxy) is 2. The average molecular weight is 521 g/mol. The maximum atomic E-state index is 12.5. The molecule has 0 saturated carbocycles. The lowest BCUT2D eigenvalue weighted by atomic mass is 10.2. The predicted molar refractivity (Wildman–Crippen MR) is 119 cm³/mol. The number of phenols is 1. The molecule has 0 heterocycles. The Hall–Kier alpha value is -2.30. The van der Waals surface area contributed by atoms with Gasteiger partial charge in [0.1, 0.15) is 5.75 Å². The minimum absolute atomic E-state index is 0. The summed E-state index contributed by atoms with van der Waals surface area (Å²) in [5.41, 5.74) is 1.46. The second-order valence-corrected chi connectivity index (χ2v) is 5.77. The van der Waals surface area contributed by atoms with E-state index in [1.54, 1.807) is 36.4 Å². The van der Waals surface area contributed by atoms with Gasteiger partial charge in [-0.2, -0.15) is 8.78 Å². The molecule has 0 atom stereocenters. The highest BCUT2D eigenvalue weighted by Crippen LogP contribution is 2.27. The van der Waals surface area contributed by atoms with Gasteiger partial charge in [-0.3, -0.25) is 0 Å². The van der Waals surface area contributed by atoms with Gasteiger partial charge in [-0.25, -0.2) is 4.99 Å². The van der Waals surface area contributed by atoms with Crippen molar-refractivity contribution in [3.8, 4) is 17.2 Å². The molecule has 0 aliphatic carbocycles. The van der Waals surface area contributed by atoms with Crippen molar-refractivity contribution in [1.29, 1.82) is 0 Å². The van der Waals surface area contributed by atoms with Crippen molar-refractivity contribution in [1.82, 2.24) is 10.6 Å². The van der Waals surface area contributed by atoms with Gasteiger partial charge in [-0.05, 0) is 37.6 Å². The zero-order valence-electron chi connectivity index (χ0n) is 16.3. The number of alkyl halides is 2. The Balaban J connectivity index is 0.00000420. The molecular weight excluding hydrogens is 495 g/mol. The Morgan fingerprint density at radius 2 is 1.86 bits per heavy atom. The summed E-state index contributed by atoms with van der Waals surface area (Å²) < 4.78 is 35.0. The van der Waals surface area contributed by atoms with Gasteiger partial charge in [-0.1, -0.05) is 24.3 Å². The number of nitrogens with one attached hydrogen (secondary N) is 2. The Kier molecular flexibility index (Phi) is 11.1. The summed E-state index contributed by atoms with van der Waals surface area (Å²) in [5.74, 6) is 1.14. The summed E-state index contributed by atoms with van der Waals surface area (Å²) in [5, 5.41) is 16.0. The van der Waals surface area contributed by atoms with Crippen LogP contribution < -0.4 is 20.1 Å². The van der Waals surface area contributed by atoms with E-state index < -0.39 is 6.61 Å². The van der Waals surface area contributed by atoms with Crippen molar-refractivity contribution in [2.24, 2.45) is 4.99 Å². The van der Waals surface area contributed by atoms with Gasteiger partial charge in [0.05, 0.1) is 13.2 Å². The zero-order valence-corrected chi connectivity index (χ0v) is 18.7. The zero-order chi connectivity index (χ0) is 20.4. The molecule has 3 N–H and O–H groups in total. The molecule has 0 unspecified atom stereocenters. The Labute approximate surface area is 186 Å². The number of para-hydroxylation sites is 1. The predicted octanol–water partition coefficient (Wildman–Crippen LogP) is 4.27. The third-order valence-electron chi connectivity index (χ3n) is 3.72. The summed E-state index contributed by atoms with van der Waals surface area (Å²) in [6.07, 6.45) is 0. The lowest BCUT2D eigenvalue weighted by Crippen LogP contribution is -2.36. The molecule has 0 aliphatic rings. The number of phenolic OH excluding ortho intramolecular Hbond substituents is 1. The quantitative estimate of drug-likeness (QED) is 0.261. The Bertz CT molecular complexity index is 791. The Morgan fingerprint density at radius 3 is 2.55 bits per heavy atom. The minimum Gasteiger partial charge on any atom is -0.504 e. The monoisotopic (exact) mass is 521 g/mol. The van der Waals surface area contributed by atoms with Gasteiger partial charge in [-0.15, -0.1) is 24.0 Å². The minimum atomic E-state index is -2.88. The lowest BCUT2D eigenvalue weighted by Gasteiger charge is -2.14. The highest BCUT2D eigenvalue weighted by Gasteiger charge is 2.10. The molecule has 0 saturated heterocycles. The van der Waals surface area contributed by atoms with Crippen molar-refractivity contribution in [3.05, 3.63) is 53.6 Å². The van der Waals surface area contributed by atoms with Crippen LogP contribution in [0.2, 0.25) is 0 Å². The summed E-state index contributed by atoms with van der Waals surface area (Å²) in [6.45, 7) is 2.61. The second-order valence-electron chi connectivity index (χ2n) is 5.77. The van der Waals surface area contributed by atoms with Gasteiger partial charge in [0, 0.05) is 18.7 Å². The van der Waals surface area contributed by atoms with Gasteiger partial charge >= 0.3 is 6.61 Å². The molecule has 0 aliphatic heterocycles. The summed E-state index contributed by atoms with van der Waals surface area (Å²) >= 11 is 0. The van der Waals surface area contributed by atoms with E-state index in [9.17, 15) is 13.9 Å². The van der Waals surface area contributed by atoms with E-state index in [2.05, 4.69) is 20.4 Å². The van der Waals surface area contributed by atoms with Crippen molar-refractivity contribution in [3.63, 3.8) is 0 Å². The number of nitrogens with zero attached hydrogens (tertiary/aromatic N) is 1. The molecule has 0 spiro atoms. The van der Waals surface area contributed by atoms with Crippen LogP contribution in [0.15, 0.2) is 47.5 Å². The summed E-state index contributed by atoms with van der Waals surface area (Å²) in [4.78, 5) is 4.49. The number of rotatable bonds is 9. The number of benzene rings is 2. The van der Waals surface area contributed by atoms with Crippen LogP contribution in [0.1, 0.15) is 25.0 Å². The molecule has 0 radical (unpaired) electrons. The SMILES string of the molecule is CCNC(=NCc1ccc(O)c(OCC)c1)NCc1ccccc1OC(F)F.I. The van der Waals surface area contributed by atoms with E-state index in [1.807, 2.05) is 13.8 Å². The first-order chi connectivity index (χ1) is 13.5. The smallest absolute Gasteiger partial charge is 0.387 e. The van der Waals surface area contributed by atoms with Gasteiger partial charge in [0.2, 0.25) is 0 Å². The molecule has 29 heavy (non-hydrogen) atoms. The topological polar surface area (TPSA) is 75.1 Å². The standard InChI is InChI=1S/C20H25F2N3O3.HI/c1-3-23-20(24-12-14-9-10-16(26)18(11-14)27-4-2)25-13-15-7-5-6-8-17(15)28-19(21)22;/h5-11,19,26H,3-4,12-13H2,1-2H3,(H2,23,24,25);1H. The van der Waals surface area contributed by atoms with Gasteiger partial charge < -0.3 is 25.2 Å². The van der Waals surface area contributed by atoms with Crippen LogP contribution in [0.4, 0.5) is 8.78 Å². The maximum Gasteiger partial charge on any atom is 0.387 e. The molecule has 0 amide bonds. The normalized spacial score (nSPS) is 11.0.